The number of likely N-dealkylation sites (N-methyl/N-ethyl adjacent to an activating group) is 1. The van der Waals surface area contributed by atoms with E-state index in [4.69, 9.17) is 10.6 Å². The number of carbonyl (C=O) groups is 4. The summed E-state index contributed by atoms with van der Waals surface area (Å²) in [6.07, 6.45) is 0. The molecule has 1 fully saturated rings. The molecule has 4 heterocycles. The first-order valence-corrected chi connectivity index (χ1v) is 14.8. The van der Waals surface area contributed by atoms with Crippen molar-refractivity contribution in [2.45, 2.75) is 44.0 Å². The van der Waals surface area contributed by atoms with Crippen molar-refractivity contribution < 1.29 is 48.9 Å². The van der Waals surface area contributed by atoms with Gasteiger partial charge < -0.3 is 40.8 Å². The molecule has 3 aliphatic rings. The summed E-state index contributed by atoms with van der Waals surface area (Å²) >= 11 is 2.31. The third kappa shape index (κ3) is 5.57. The smallest absolute Gasteiger partial charge is 0.352 e. The van der Waals surface area contributed by atoms with Crippen LogP contribution in [0.25, 0.3) is 0 Å². The highest BCUT2D eigenvalue weighted by Crippen LogP contribution is 2.43. The van der Waals surface area contributed by atoms with Gasteiger partial charge in [0.15, 0.2) is 22.3 Å². The molecule has 2 aromatic rings. The Labute approximate surface area is 252 Å². The molecule has 0 saturated carbocycles. The van der Waals surface area contributed by atoms with Crippen molar-refractivity contribution in [3.63, 3.8) is 0 Å². The zero-order valence-electron chi connectivity index (χ0n) is 23.2. The molecular weight excluding hydrogens is 604 g/mol. The number of hydrogen-bond donors (Lipinski definition) is 6. The van der Waals surface area contributed by atoms with Crippen LogP contribution in [0.1, 0.15) is 30.7 Å². The Hall–Kier alpha value is -4.35. The Morgan fingerprint density at radius 2 is 1.84 bits per heavy atom. The second-order valence-corrected chi connectivity index (χ2v) is 13.2. The maximum absolute atomic E-state index is 13.3. The largest absolute Gasteiger partial charge is 0.504 e. The van der Waals surface area contributed by atoms with Crippen molar-refractivity contribution in [2.24, 2.45) is 5.16 Å². The summed E-state index contributed by atoms with van der Waals surface area (Å²) in [5.74, 6) is -4.29. The predicted octanol–water partition coefficient (Wildman–Crippen LogP) is 0.619. The number of anilines is 1. The number of phenolic OH excluding ortho intramolecular Hbond substituents is 2. The minimum atomic E-state index is -1.77. The van der Waals surface area contributed by atoms with Gasteiger partial charge in [0.05, 0.1) is 7.05 Å². The zero-order chi connectivity index (χ0) is 31.4. The highest BCUT2D eigenvalue weighted by molar-refractivity contribution is 8.00. The molecule has 15 nitrogen and oxygen atoms in total. The summed E-state index contributed by atoms with van der Waals surface area (Å²) in [6, 6.07) is 1.92. The van der Waals surface area contributed by atoms with E-state index >= 15 is 0 Å². The molecule has 228 valence electrons. The number of aliphatic carboxylic acids is 2. The monoisotopic (exact) mass is 633 g/mol. The van der Waals surface area contributed by atoms with Crippen molar-refractivity contribution in [1.29, 1.82) is 0 Å². The number of carboxylic acids is 2. The minimum Gasteiger partial charge on any atom is -0.504 e. The first-order chi connectivity index (χ1) is 20.1. The van der Waals surface area contributed by atoms with Gasteiger partial charge in [-0.1, -0.05) is 5.16 Å². The minimum absolute atomic E-state index is 0.0136. The molecule has 3 aliphatic heterocycles. The van der Waals surface area contributed by atoms with E-state index in [0.29, 0.717) is 29.7 Å². The normalized spacial score (nSPS) is 21.1. The lowest BCUT2D eigenvalue weighted by molar-refractivity contribution is -0.924. The maximum Gasteiger partial charge on any atom is 0.352 e. The molecule has 2 atom stereocenters. The van der Waals surface area contributed by atoms with Crippen molar-refractivity contribution in [3.05, 3.63) is 45.6 Å². The van der Waals surface area contributed by atoms with Gasteiger partial charge in [0.1, 0.15) is 42.4 Å². The van der Waals surface area contributed by atoms with E-state index in [2.05, 4.69) is 15.5 Å². The van der Waals surface area contributed by atoms with E-state index in [0.717, 1.165) is 27.4 Å². The van der Waals surface area contributed by atoms with E-state index in [1.54, 1.807) is 0 Å². The number of quaternary nitrogens is 1. The van der Waals surface area contributed by atoms with Gasteiger partial charge in [0.2, 0.25) is 5.60 Å². The van der Waals surface area contributed by atoms with E-state index in [-0.39, 0.29) is 33.8 Å². The average molecular weight is 634 g/mol. The molecular formula is C26H29N6O9S2+. The number of nitrogens with zero attached hydrogens (tertiary/aromatic N) is 4. The number of fused-ring (bicyclic) bond motifs is 2. The number of nitrogens with two attached hydrogens (primary N) is 1. The molecule has 1 aromatic heterocycles. The molecule has 1 saturated heterocycles. The number of aromatic hydroxyl groups is 2. The molecule has 7 N–H and O–H groups in total. The van der Waals surface area contributed by atoms with Gasteiger partial charge in [-0.2, -0.15) is 0 Å². The highest BCUT2D eigenvalue weighted by atomic mass is 32.2. The van der Waals surface area contributed by atoms with Crippen molar-refractivity contribution >= 4 is 57.7 Å². The van der Waals surface area contributed by atoms with E-state index < -0.39 is 46.5 Å². The quantitative estimate of drug-likeness (QED) is 0.0735. The van der Waals surface area contributed by atoms with Crippen molar-refractivity contribution in [3.8, 4) is 11.5 Å². The zero-order valence-corrected chi connectivity index (χ0v) is 24.9. The number of aromatic nitrogens is 1. The van der Waals surface area contributed by atoms with Gasteiger partial charge in [-0.05, 0) is 26.0 Å². The van der Waals surface area contributed by atoms with Gasteiger partial charge in [0.25, 0.3) is 11.8 Å². The van der Waals surface area contributed by atoms with Crippen molar-refractivity contribution in [1.82, 2.24) is 15.2 Å². The molecule has 2 unspecified atom stereocenters. The Kier molecular flexibility index (Phi) is 7.52. The van der Waals surface area contributed by atoms with Gasteiger partial charge in [-0.25, -0.2) is 14.6 Å². The lowest BCUT2D eigenvalue weighted by atomic mass is 10.0. The number of benzene rings is 1. The number of thiazole rings is 1. The van der Waals surface area contributed by atoms with Gasteiger partial charge in [-0.15, -0.1) is 23.1 Å². The SMILES string of the molecule is CC(C)(ON=C(C(=O)NC1C(=O)N2C(C(=O)O)=C(C[N+]3(C)Cc4cc(O)c(O)cc4C3)CSC12)c1csc(N)n1)C(=O)O. The van der Waals surface area contributed by atoms with E-state index in [1.165, 1.54) is 43.1 Å². The number of carboxylic acid groups (broad SMARTS) is 2. The molecule has 5 rings (SSSR count). The lowest BCUT2D eigenvalue weighted by Gasteiger charge is -2.49. The fraction of sp³-hybridized carbons (Fsp3) is 0.385. The number of nitrogen functional groups attached to an aromatic ring is 1. The molecule has 0 bridgehead atoms. The third-order valence-electron chi connectivity index (χ3n) is 7.37. The van der Waals surface area contributed by atoms with Crippen molar-refractivity contribution in [2.75, 3.05) is 25.1 Å². The van der Waals surface area contributed by atoms with E-state index in [1.807, 2.05) is 7.05 Å². The Morgan fingerprint density at radius 3 is 2.37 bits per heavy atom. The summed E-state index contributed by atoms with van der Waals surface area (Å²) in [4.78, 5) is 60.7. The molecule has 1 aromatic carbocycles. The molecule has 43 heavy (non-hydrogen) atoms. The summed E-state index contributed by atoms with van der Waals surface area (Å²) in [5.41, 5.74) is 5.62. The number of amides is 2. The topological polar surface area (TPSA) is 225 Å². The number of phenols is 2. The maximum atomic E-state index is 13.3. The molecule has 0 radical (unpaired) electrons. The first kappa shape index (κ1) is 30.1. The number of thioether (sulfide) groups is 1. The van der Waals surface area contributed by atoms with Crippen LogP contribution in [0.4, 0.5) is 5.13 Å². The second-order valence-electron chi connectivity index (χ2n) is 11.2. The number of hydrogen-bond acceptors (Lipinski definition) is 12. The highest BCUT2D eigenvalue weighted by Gasteiger charge is 2.55. The van der Waals surface area contributed by atoms with Crippen LogP contribution < -0.4 is 11.1 Å². The molecule has 0 aliphatic carbocycles. The Morgan fingerprint density at radius 1 is 1.21 bits per heavy atom. The number of oxime groups is 1. The first-order valence-electron chi connectivity index (χ1n) is 12.9. The van der Waals surface area contributed by atoms with Crippen LogP contribution in [-0.2, 0) is 37.1 Å². The molecule has 2 amide bonds. The van der Waals surface area contributed by atoms with Crippen LogP contribution in [0.5, 0.6) is 11.5 Å². The standard InChI is InChI=1S/C26H28N6O9S2/c1-26(2,24(39)40)41-30-17(14-10-43-25(27)28-14)20(35)29-18-21(36)31-19(23(37)38)13(9-42-22(18)31)8-32(3)6-11-4-15(33)16(34)5-12(11)7-32/h4-5,10,18,22H,6-9H2,1-3H3,(H6-,27,28,29,30,33,34,35,37,38,39,40)/p+1. The second kappa shape index (κ2) is 10.7. The third-order valence-corrected chi connectivity index (χ3v) is 9.38. The van der Waals surface area contributed by atoms with Crippen LogP contribution in [-0.4, -0.2) is 101 Å². The summed E-state index contributed by atoms with van der Waals surface area (Å²) in [5, 5.41) is 46.4. The van der Waals surface area contributed by atoms with Gasteiger partial charge in [-0.3, -0.25) is 14.5 Å². The van der Waals surface area contributed by atoms with Crippen LogP contribution in [0.15, 0.2) is 33.9 Å². The van der Waals surface area contributed by atoms with Crippen LogP contribution in [0, 0.1) is 0 Å². The summed E-state index contributed by atoms with van der Waals surface area (Å²) < 4.78 is 0.376. The van der Waals surface area contributed by atoms with Crippen LogP contribution in [0.2, 0.25) is 0 Å². The van der Waals surface area contributed by atoms with Gasteiger partial charge >= 0.3 is 11.9 Å². The van der Waals surface area contributed by atoms with Crippen LogP contribution in [0.3, 0.4) is 0 Å². The Balaban J connectivity index is 1.35. The summed E-state index contributed by atoms with van der Waals surface area (Å²) in [6.45, 7) is 3.76. The number of nitrogens with one attached hydrogen (secondary N) is 1. The molecule has 17 heteroatoms. The Bertz CT molecular complexity index is 1590. The lowest BCUT2D eigenvalue weighted by Crippen LogP contribution is -2.71. The fourth-order valence-electron chi connectivity index (χ4n) is 5.22. The average Bonchev–Trinajstić information content (AvgIpc) is 3.48. The summed E-state index contributed by atoms with van der Waals surface area (Å²) in [7, 11) is 1.93. The number of rotatable bonds is 9. The van der Waals surface area contributed by atoms with Gasteiger partial charge in [0, 0.05) is 27.8 Å². The van der Waals surface area contributed by atoms with E-state index in [9.17, 15) is 39.6 Å². The fourth-order valence-corrected chi connectivity index (χ4v) is 7.11. The number of carbonyl (C=O) groups excluding carboxylic acids is 2. The molecule has 0 spiro atoms. The number of β-lactam (4-membered cyclic amide) rings is 1. The predicted molar refractivity (Wildman–Crippen MR) is 154 cm³/mol. The van der Waals surface area contributed by atoms with Crippen LogP contribution >= 0.6 is 23.1 Å².